The van der Waals surface area contributed by atoms with Crippen molar-refractivity contribution < 1.29 is 14.2 Å². The third kappa shape index (κ3) is 3.94. The predicted octanol–water partition coefficient (Wildman–Crippen LogP) is 5.85. The molecular weight excluding hydrogens is 376 g/mol. The number of anilines is 2. The highest BCUT2D eigenvalue weighted by Gasteiger charge is 2.19. The summed E-state index contributed by atoms with van der Waals surface area (Å²) < 4.78 is 16.6. The molecule has 0 spiro atoms. The van der Waals surface area contributed by atoms with Crippen LogP contribution in [0.15, 0.2) is 42.6 Å². The number of ether oxygens (including phenoxy) is 3. The molecule has 2 aromatic carbocycles. The molecule has 0 N–H and O–H groups in total. The Kier molecular flexibility index (Phi) is 6.47. The van der Waals surface area contributed by atoms with Crippen LogP contribution < -0.4 is 19.1 Å². The van der Waals surface area contributed by atoms with Gasteiger partial charge in [-0.2, -0.15) is 0 Å². The van der Waals surface area contributed by atoms with Crippen LogP contribution in [0, 0.1) is 0 Å². The number of unbranched alkanes of at least 4 members (excludes halogenated alkanes) is 1. The smallest absolute Gasteiger partial charge is 0.203 e. The molecule has 28 heavy (non-hydrogen) atoms. The van der Waals surface area contributed by atoms with Crippen LogP contribution in [0.3, 0.4) is 0 Å². The van der Waals surface area contributed by atoms with Crippen molar-refractivity contribution in [1.29, 1.82) is 0 Å². The Morgan fingerprint density at radius 2 is 1.68 bits per heavy atom. The fraction of sp³-hybridized carbons (Fsp3) is 0.318. The summed E-state index contributed by atoms with van der Waals surface area (Å²) in [6.45, 7) is 3.02. The van der Waals surface area contributed by atoms with Gasteiger partial charge in [-0.1, -0.05) is 24.9 Å². The van der Waals surface area contributed by atoms with Crippen molar-refractivity contribution in [2.24, 2.45) is 0 Å². The Balaban J connectivity index is 2.19. The first-order valence-electron chi connectivity index (χ1n) is 9.24. The lowest BCUT2D eigenvalue weighted by molar-refractivity contribution is 0.324. The van der Waals surface area contributed by atoms with Crippen molar-refractivity contribution in [3.8, 4) is 17.2 Å². The van der Waals surface area contributed by atoms with Crippen molar-refractivity contribution in [2.75, 3.05) is 32.8 Å². The predicted molar refractivity (Wildman–Crippen MR) is 115 cm³/mol. The first kappa shape index (κ1) is 20.1. The number of hydrogen-bond donors (Lipinski definition) is 0. The Hall–Kier alpha value is -2.66. The van der Waals surface area contributed by atoms with E-state index in [1.165, 1.54) is 0 Å². The van der Waals surface area contributed by atoms with E-state index in [0.717, 1.165) is 41.7 Å². The first-order valence-corrected chi connectivity index (χ1v) is 9.62. The van der Waals surface area contributed by atoms with Crippen molar-refractivity contribution in [3.05, 3.63) is 47.6 Å². The molecule has 1 aromatic heterocycles. The lowest BCUT2D eigenvalue weighted by Gasteiger charge is -2.27. The van der Waals surface area contributed by atoms with Gasteiger partial charge in [0.2, 0.25) is 5.75 Å². The Morgan fingerprint density at radius 3 is 2.29 bits per heavy atom. The molecule has 0 bridgehead atoms. The molecule has 0 unspecified atom stereocenters. The van der Waals surface area contributed by atoms with Gasteiger partial charge in [0.15, 0.2) is 11.5 Å². The van der Waals surface area contributed by atoms with Crippen LogP contribution in [0.25, 0.3) is 10.9 Å². The molecule has 0 saturated carbocycles. The van der Waals surface area contributed by atoms with Crippen LogP contribution in [-0.2, 0) is 0 Å². The van der Waals surface area contributed by atoms with E-state index in [1.807, 2.05) is 42.6 Å². The zero-order valence-corrected chi connectivity index (χ0v) is 17.4. The maximum atomic E-state index is 6.16. The number of benzene rings is 2. The third-order valence-electron chi connectivity index (χ3n) is 4.67. The van der Waals surface area contributed by atoms with E-state index in [0.29, 0.717) is 22.3 Å². The first-order chi connectivity index (χ1) is 13.6. The fourth-order valence-corrected chi connectivity index (χ4v) is 3.44. The molecular formula is C22H25ClN2O3. The molecule has 0 fully saturated rings. The normalized spacial score (nSPS) is 10.8. The summed E-state index contributed by atoms with van der Waals surface area (Å²) in [5.74, 6) is 1.83. The van der Waals surface area contributed by atoms with Crippen LogP contribution in [0.5, 0.6) is 17.2 Å². The van der Waals surface area contributed by atoms with Crippen molar-refractivity contribution in [3.63, 3.8) is 0 Å². The number of nitrogens with zero attached hydrogens (tertiary/aromatic N) is 2. The highest BCUT2D eigenvalue weighted by atomic mass is 35.5. The summed E-state index contributed by atoms with van der Waals surface area (Å²) in [5.41, 5.74) is 2.88. The molecule has 0 radical (unpaired) electrons. The number of methoxy groups -OCH3 is 3. The molecule has 0 saturated heterocycles. The van der Waals surface area contributed by atoms with Crippen LogP contribution in [0.2, 0.25) is 5.02 Å². The minimum atomic E-state index is 0.579. The molecule has 3 rings (SSSR count). The standard InChI is InChI=1S/C22H25ClN2O3/c1-5-6-11-25(16-13-20(26-2)22(28-4)21(14-16)27-3)19-9-10-24-18-12-15(23)7-8-17(18)19/h7-10,12-14H,5-6,11H2,1-4H3. The van der Waals surface area contributed by atoms with E-state index in [4.69, 9.17) is 25.8 Å². The topological polar surface area (TPSA) is 43.8 Å². The van der Waals surface area contributed by atoms with Gasteiger partial charge in [-0.3, -0.25) is 4.98 Å². The number of hydrogen-bond acceptors (Lipinski definition) is 5. The monoisotopic (exact) mass is 400 g/mol. The molecule has 0 aliphatic heterocycles. The zero-order chi connectivity index (χ0) is 20.1. The summed E-state index contributed by atoms with van der Waals surface area (Å²) in [5, 5.41) is 1.71. The van der Waals surface area contributed by atoms with Gasteiger partial charge in [0, 0.05) is 41.0 Å². The second-order valence-corrected chi connectivity index (χ2v) is 6.82. The summed E-state index contributed by atoms with van der Waals surface area (Å²) in [7, 11) is 4.86. The minimum absolute atomic E-state index is 0.579. The van der Waals surface area contributed by atoms with E-state index < -0.39 is 0 Å². The summed E-state index contributed by atoms with van der Waals surface area (Å²) in [4.78, 5) is 6.73. The number of rotatable bonds is 8. The van der Waals surface area contributed by atoms with E-state index in [9.17, 15) is 0 Å². The van der Waals surface area contributed by atoms with Crippen molar-refractivity contribution in [1.82, 2.24) is 4.98 Å². The average molecular weight is 401 g/mol. The van der Waals surface area contributed by atoms with E-state index in [1.54, 1.807) is 21.3 Å². The van der Waals surface area contributed by atoms with E-state index in [-0.39, 0.29) is 0 Å². The van der Waals surface area contributed by atoms with Gasteiger partial charge in [0.1, 0.15) is 0 Å². The highest BCUT2D eigenvalue weighted by Crippen LogP contribution is 2.43. The number of halogens is 1. The third-order valence-corrected chi connectivity index (χ3v) is 4.90. The Bertz CT molecular complexity index is 937. The van der Waals surface area contributed by atoms with Gasteiger partial charge in [-0.25, -0.2) is 0 Å². The van der Waals surface area contributed by atoms with Gasteiger partial charge in [-0.05, 0) is 30.7 Å². The van der Waals surface area contributed by atoms with Gasteiger partial charge in [0.25, 0.3) is 0 Å². The zero-order valence-electron chi connectivity index (χ0n) is 16.7. The lowest BCUT2D eigenvalue weighted by atomic mass is 10.1. The molecule has 0 amide bonds. The van der Waals surface area contributed by atoms with Gasteiger partial charge < -0.3 is 19.1 Å². The van der Waals surface area contributed by atoms with E-state index >= 15 is 0 Å². The highest BCUT2D eigenvalue weighted by molar-refractivity contribution is 6.31. The molecule has 0 aliphatic rings. The van der Waals surface area contributed by atoms with Gasteiger partial charge in [0.05, 0.1) is 32.5 Å². The number of pyridine rings is 1. The Labute approximate surface area is 170 Å². The SMILES string of the molecule is CCCCN(c1cc(OC)c(OC)c(OC)c1)c1ccnc2cc(Cl)ccc12. The largest absolute Gasteiger partial charge is 0.493 e. The average Bonchev–Trinajstić information content (AvgIpc) is 2.72. The summed E-state index contributed by atoms with van der Waals surface area (Å²) >= 11 is 6.16. The van der Waals surface area contributed by atoms with Crippen molar-refractivity contribution in [2.45, 2.75) is 19.8 Å². The molecule has 1 heterocycles. The van der Waals surface area contributed by atoms with Crippen LogP contribution in [0.1, 0.15) is 19.8 Å². The van der Waals surface area contributed by atoms with Gasteiger partial charge in [-0.15, -0.1) is 0 Å². The maximum Gasteiger partial charge on any atom is 0.203 e. The van der Waals surface area contributed by atoms with Crippen molar-refractivity contribution >= 4 is 33.9 Å². The second kappa shape index (κ2) is 9.02. The van der Waals surface area contributed by atoms with Crippen LogP contribution in [-0.4, -0.2) is 32.9 Å². The van der Waals surface area contributed by atoms with E-state index in [2.05, 4.69) is 16.8 Å². The molecule has 148 valence electrons. The lowest BCUT2D eigenvalue weighted by Crippen LogP contribution is -2.19. The fourth-order valence-electron chi connectivity index (χ4n) is 3.27. The molecule has 6 heteroatoms. The second-order valence-electron chi connectivity index (χ2n) is 6.38. The molecule has 3 aromatic rings. The summed E-state index contributed by atoms with van der Waals surface area (Å²) in [6.07, 6.45) is 3.93. The molecule has 0 atom stereocenters. The summed E-state index contributed by atoms with van der Waals surface area (Å²) in [6, 6.07) is 11.8. The molecule has 0 aliphatic carbocycles. The molecule has 5 nitrogen and oxygen atoms in total. The van der Waals surface area contributed by atoms with Crippen LogP contribution >= 0.6 is 11.6 Å². The minimum Gasteiger partial charge on any atom is -0.493 e. The Morgan fingerprint density at radius 1 is 0.964 bits per heavy atom. The van der Waals surface area contributed by atoms with Crippen LogP contribution in [0.4, 0.5) is 11.4 Å². The maximum absolute atomic E-state index is 6.16. The number of fused-ring (bicyclic) bond motifs is 1. The quantitative estimate of drug-likeness (QED) is 0.474. The number of aromatic nitrogens is 1. The van der Waals surface area contributed by atoms with Gasteiger partial charge >= 0.3 is 0 Å².